The van der Waals surface area contributed by atoms with Crippen LogP contribution in [0.5, 0.6) is 0 Å². The Kier molecular flexibility index (Phi) is 4.90. The highest BCUT2D eigenvalue weighted by molar-refractivity contribution is 14.1. The molecule has 1 aliphatic heterocycles. The highest BCUT2D eigenvalue weighted by atomic mass is 127. The number of rotatable bonds is 3. The van der Waals surface area contributed by atoms with E-state index in [0.717, 1.165) is 13.1 Å². The molecule has 1 saturated heterocycles. The van der Waals surface area contributed by atoms with Gasteiger partial charge in [-0.25, -0.2) is 0 Å². The Morgan fingerprint density at radius 2 is 2.11 bits per heavy atom. The van der Waals surface area contributed by atoms with Crippen molar-refractivity contribution in [2.45, 2.75) is 39.3 Å². The molecule has 2 unspecified atom stereocenters. The van der Waals surface area contributed by atoms with E-state index in [-0.39, 0.29) is 0 Å². The summed E-state index contributed by atoms with van der Waals surface area (Å²) in [4.78, 5) is 2.60. The summed E-state index contributed by atoms with van der Waals surface area (Å²) >= 11 is 2.45. The highest BCUT2D eigenvalue weighted by Gasteiger charge is 2.29. The summed E-state index contributed by atoms with van der Waals surface area (Å²) in [5.41, 5.74) is 1.40. The van der Waals surface area contributed by atoms with Crippen molar-refractivity contribution >= 4 is 28.3 Å². The van der Waals surface area contributed by atoms with Crippen molar-refractivity contribution in [1.82, 2.24) is 5.32 Å². The first-order chi connectivity index (χ1) is 8.63. The van der Waals surface area contributed by atoms with E-state index in [1.165, 1.54) is 15.7 Å². The van der Waals surface area contributed by atoms with Crippen LogP contribution in [0.3, 0.4) is 0 Å². The zero-order valence-electron chi connectivity index (χ0n) is 11.5. The lowest BCUT2D eigenvalue weighted by atomic mass is 9.98. The number of hydrogen-bond donors (Lipinski definition) is 1. The van der Waals surface area contributed by atoms with Crippen LogP contribution in [0.1, 0.15) is 27.2 Å². The van der Waals surface area contributed by atoms with E-state index in [0.29, 0.717) is 18.0 Å². The van der Waals surface area contributed by atoms with Crippen molar-refractivity contribution in [3.8, 4) is 0 Å². The van der Waals surface area contributed by atoms with E-state index >= 15 is 0 Å². The van der Waals surface area contributed by atoms with Gasteiger partial charge >= 0.3 is 0 Å². The van der Waals surface area contributed by atoms with Gasteiger partial charge in [0.15, 0.2) is 0 Å². The molecule has 2 nitrogen and oxygen atoms in total. The smallest absolute Gasteiger partial charge is 0.0505 e. The first kappa shape index (κ1) is 14.1. The molecule has 1 fully saturated rings. The molecule has 100 valence electrons. The molecule has 0 bridgehead atoms. The average Bonchev–Trinajstić information content (AvgIpc) is 2.38. The molecule has 1 aliphatic rings. The standard InChI is InChI=1S/C15H23IN2/c1-4-12-9-17-14(11(2)3)10-18(12)15-8-6-5-7-13(15)16/h5-8,11-12,14,17H,4,9-10H2,1-3H3. The second-order valence-electron chi connectivity index (χ2n) is 5.42. The molecule has 0 aliphatic carbocycles. The van der Waals surface area contributed by atoms with Crippen LogP contribution in [-0.2, 0) is 0 Å². The maximum absolute atomic E-state index is 3.69. The highest BCUT2D eigenvalue weighted by Crippen LogP contribution is 2.27. The summed E-state index contributed by atoms with van der Waals surface area (Å²) in [7, 11) is 0. The van der Waals surface area contributed by atoms with Gasteiger partial charge in [0.1, 0.15) is 0 Å². The number of halogens is 1. The fraction of sp³-hybridized carbons (Fsp3) is 0.600. The van der Waals surface area contributed by atoms with Gasteiger partial charge in [-0.05, 0) is 47.1 Å². The molecule has 0 radical (unpaired) electrons. The molecule has 0 saturated carbocycles. The second kappa shape index (κ2) is 6.24. The lowest BCUT2D eigenvalue weighted by Crippen LogP contribution is -2.58. The van der Waals surface area contributed by atoms with Crippen molar-refractivity contribution in [2.75, 3.05) is 18.0 Å². The zero-order valence-corrected chi connectivity index (χ0v) is 13.6. The van der Waals surface area contributed by atoms with Gasteiger partial charge in [-0.2, -0.15) is 0 Å². The molecular formula is C15H23IN2. The third kappa shape index (κ3) is 2.99. The summed E-state index contributed by atoms with van der Waals surface area (Å²) in [5, 5.41) is 3.69. The number of hydrogen-bond acceptors (Lipinski definition) is 2. The molecule has 1 aromatic rings. The maximum atomic E-state index is 3.69. The normalized spacial score (nSPS) is 24.6. The van der Waals surface area contributed by atoms with Crippen molar-refractivity contribution in [1.29, 1.82) is 0 Å². The predicted octanol–water partition coefficient (Wildman–Crippen LogP) is 3.50. The van der Waals surface area contributed by atoms with Gasteiger partial charge in [0.2, 0.25) is 0 Å². The molecule has 2 atom stereocenters. The molecule has 0 spiro atoms. The Balaban J connectivity index is 2.24. The monoisotopic (exact) mass is 358 g/mol. The molecule has 18 heavy (non-hydrogen) atoms. The van der Waals surface area contributed by atoms with Gasteiger partial charge < -0.3 is 10.2 Å². The predicted molar refractivity (Wildman–Crippen MR) is 87.2 cm³/mol. The Bertz CT molecular complexity index is 392. The van der Waals surface area contributed by atoms with E-state index in [9.17, 15) is 0 Å². The zero-order chi connectivity index (χ0) is 13.1. The van der Waals surface area contributed by atoms with Crippen molar-refractivity contribution in [2.24, 2.45) is 5.92 Å². The summed E-state index contributed by atoms with van der Waals surface area (Å²) in [6.45, 7) is 9.11. The van der Waals surface area contributed by atoms with Gasteiger partial charge in [0.25, 0.3) is 0 Å². The molecule has 0 amide bonds. The Morgan fingerprint density at radius 3 is 2.72 bits per heavy atom. The van der Waals surface area contributed by atoms with E-state index in [4.69, 9.17) is 0 Å². The Hall–Kier alpha value is -0.290. The first-order valence-corrected chi connectivity index (χ1v) is 7.96. The quantitative estimate of drug-likeness (QED) is 0.832. The van der Waals surface area contributed by atoms with Crippen LogP contribution in [0.2, 0.25) is 0 Å². The molecule has 1 N–H and O–H groups in total. The number of nitrogens with zero attached hydrogens (tertiary/aromatic N) is 1. The van der Waals surface area contributed by atoms with Crippen LogP contribution in [0.25, 0.3) is 0 Å². The van der Waals surface area contributed by atoms with Crippen LogP contribution < -0.4 is 10.2 Å². The van der Waals surface area contributed by atoms with E-state index in [1.54, 1.807) is 0 Å². The van der Waals surface area contributed by atoms with Gasteiger partial charge in [-0.1, -0.05) is 32.9 Å². The van der Waals surface area contributed by atoms with Gasteiger partial charge in [0, 0.05) is 28.7 Å². The van der Waals surface area contributed by atoms with Crippen LogP contribution in [0.4, 0.5) is 5.69 Å². The molecule has 0 aromatic heterocycles. The number of nitrogens with one attached hydrogen (secondary N) is 1. The summed E-state index contributed by atoms with van der Waals surface area (Å²) < 4.78 is 1.36. The van der Waals surface area contributed by atoms with Crippen LogP contribution in [-0.4, -0.2) is 25.2 Å². The molecular weight excluding hydrogens is 335 g/mol. The topological polar surface area (TPSA) is 15.3 Å². The molecule has 2 rings (SSSR count). The third-order valence-corrected chi connectivity index (χ3v) is 4.80. The lowest BCUT2D eigenvalue weighted by Gasteiger charge is -2.43. The van der Waals surface area contributed by atoms with Crippen molar-refractivity contribution in [3.05, 3.63) is 27.8 Å². The Labute approximate surface area is 124 Å². The SMILES string of the molecule is CCC1CNC(C(C)C)CN1c1ccccc1I. The fourth-order valence-electron chi connectivity index (χ4n) is 2.61. The van der Waals surface area contributed by atoms with Crippen LogP contribution in [0.15, 0.2) is 24.3 Å². The fourth-order valence-corrected chi connectivity index (χ4v) is 3.31. The van der Waals surface area contributed by atoms with E-state index < -0.39 is 0 Å². The third-order valence-electron chi connectivity index (χ3n) is 3.89. The molecule has 1 aromatic carbocycles. The van der Waals surface area contributed by atoms with Crippen molar-refractivity contribution in [3.63, 3.8) is 0 Å². The average molecular weight is 358 g/mol. The minimum absolute atomic E-state index is 0.601. The van der Waals surface area contributed by atoms with Crippen LogP contribution >= 0.6 is 22.6 Å². The number of benzene rings is 1. The van der Waals surface area contributed by atoms with Crippen molar-refractivity contribution < 1.29 is 0 Å². The van der Waals surface area contributed by atoms with Gasteiger partial charge in [-0.15, -0.1) is 0 Å². The minimum Gasteiger partial charge on any atom is -0.365 e. The van der Waals surface area contributed by atoms with Gasteiger partial charge in [0.05, 0.1) is 5.69 Å². The summed E-state index contributed by atoms with van der Waals surface area (Å²) in [5.74, 6) is 0.687. The summed E-state index contributed by atoms with van der Waals surface area (Å²) in [6, 6.07) is 9.95. The maximum Gasteiger partial charge on any atom is 0.0505 e. The van der Waals surface area contributed by atoms with E-state index in [2.05, 4.69) is 77.8 Å². The van der Waals surface area contributed by atoms with Gasteiger partial charge in [-0.3, -0.25) is 0 Å². The number of anilines is 1. The number of para-hydroxylation sites is 1. The Morgan fingerprint density at radius 1 is 1.39 bits per heavy atom. The second-order valence-corrected chi connectivity index (χ2v) is 6.59. The largest absolute Gasteiger partial charge is 0.365 e. The molecule has 3 heteroatoms. The lowest BCUT2D eigenvalue weighted by molar-refractivity contribution is 0.325. The van der Waals surface area contributed by atoms with E-state index in [1.807, 2.05) is 0 Å². The minimum atomic E-state index is 0.601. The first-order valence-electron chi connectivity index (χ1n) is 6.88. The summed E-state index contributed by atoms with van der Waals surface area (Å²) in [6.07, 6.45) is 1.20. The number of piperazine rings is 1. The van der Waals surface area contributed by atoms with Crippen LogP contribution in [0, 0.1) is 9.49 Å². The molecule has 1 heterocycles.